The fourth-order valence-electron chi connectivity index (χ4n) is 3.14. The minimum absolute atomic E-state index is 0.0420. The second-order valence-electron chi connectivity index (χ2n) is 6.42. The number of anilines is 1. The first-order valence-electron chi connectivity index (χ1n) is 9.12. The van der Waals surface area contributed by atoms with Gasteiger partial charge in [-0.3, -0.25) is 4.79 Å². The predicted octanol–water partition coefficient (Wildman–Crippen LogP) is 2.65. The molecular formula is C20H25FN4O. The first kappa shape index (κ1) is 18.3. The van der Waals surface area contributed by atoms with Crippen molar-refractivity contribution in [1.29, 1.82) is 0 Å². The molecule has 5 nitrogen and oxygen atoms in total. The maximum absolute atomic E-state index is 13.6. The van der Waals surface area contributed by atoms with E-state index in [1.54, 1.807) is 30.5 Å². The standard InChI is InChI=1S/C20H25FN4O/c1-2-24-11-13-25(14-12-24)20(26)17-8-10-23-19(15-17)22-9-7-16-5-3-4-6-18(16)21/h3-6,8,10,15H,2,7,9,11-14H2,1H3,(H,22,23). The number of halogens is 1. The Morgan fingerprint density at radius 1 is 1.19 bits per heavy atom. The molecule has 1 saturated heterocycles. The molecule has 1 aromatic heterocycles. The van der Waals surface area contributed by atoms with Crippen LogP contribution in [-0.4, -0.2) is 60.0 Å². The number of likely N-dealkylation sites (N-methyl/N-ethyl adjacent to an activating group) is 1. The highest BCUT2D eigenvalue weighted by molar-refractivity contribution is 5.94. The zero-order valence-electron chi connectivity index (χ0n) is 15.1. The molecule has 0 atom stereocenters. The fraction of sp³-hybridized carbons (Fsp3) is 0.400. The maximum atomic E-state index is 13.6. The molecule has 0 bridgehead atoms. The summed E-state index contributed by atoms with van der Waals surface area (Å²) in [6, 6.07) is 10.3. The number of pyridine rings is 1. The number of hydrogen-bond acceptors (Lipinski definition) is 4. The number of hydrogen-bond donors (Lipinski definition) is 1. The molecule has 0 radical (unpaired) electrons. The van der Waals surface area contributed by atoms with Crippen LogP contribution in [0, 0.1) is 5.82 Å². The van der Waals surface area contributed by atoms with E-state index in [-0.39, 0.29) is 11.7 Å². The van der Waals surface area contributed by atoms with Crippen molar-refractivity contribution < 1.29 is 9.18 Å². The Morgan fingerprint density at radius 2 is 1.96 bits per heavy atom. The van der Waals surface area contributed by atoms with Crippen molar-refractivity contribution in [1.82, 2.24) is 14.8 Å². The quantitative estimate of drug-likeness (QED) is 0.864. The third kappa shape index (κ3) is 4.58. The van der Waals surface area contributed by atoms with Crippen LogP contribution < -0.4 is 5.32 Å². The molecule has 1 aliphatic heterocycles. The summed E-state index contributed by atoms with van der Waals surface area (Å²) in [5.74, 6) is 0.483. The number of carbonyl (C=O) groups is 1. The second kappa shape index (κ2) is 8.76. The van der Waals surface area contributed by atoms with Crippen molar-refractivity contribution in [2.45, 2.75) is 13.3 Å². The number of rotatable bonds is 6. The number of benzene rings is 1. The van der Waals surface area contributed by atoms with E-state index in [0.717, 1.165) is 32.7 Å². The minimum Gasteiger partial charge on any atom is -0.370 e. The van der Waals surface area contributed by atoms with Gasteiger partial charge in [-0.1, -0.05) is 25.1 Å². The molecule has 6 heteroatoms. The summed E-state index contributed by atoms with van der Waals surface area (Å²) in [7, 11) is 0. The van der Waals surface area contributed by atoms with Crippen LogP contribution in [0.5, 0.6) is 0 Å². The van der Waals surface area contributed by atoms with Gasteiger partial charge in [0.25, 0.3) is 5.91 Å². The van der Waals surface area contributed by atoms with Crippen LogP contribution in [0.4, 0.5) is 10.2 Å². The molecule has 2 heterocycles. The van der Waals surface area contributed by atoms with Gasteiger partial charge in [-0.2, -0.15) is 0 Å². The zero-order valence-corrected chi connectivity index (χ0v) is 15.1. The molecule has 1 aromatic carbocycles. The maximum Gasteiger partial charge on any atom is 0.254 e. The van der Waals surface area contributed by atoms with E-state index in [0.29, 0.717) is 29.9 Å². The molecule has 1 fully saturated rings. The van der Waals surface area contributed by atoms with Crippen LogP contribution >= 0.6 is 0 Å². The van der Waals surface area contributed by atoms with Gasteiger partial charge in [0, 0.05) is 44.5 Å². The summed E-state index contributed by atoms with van der Waals surface area (Å²) in [5, 5.41) is 3.18. The van der Waals surface area contributed by atoms with Gasteiger partial charge in [0.1, 0.15) is 11.6 Å². The smallest absolute Gasteiger partial charge is 0.254 e. The molecule has 0 spiro atoms. The number of aromatic nitrogens is 1. The highest BCUT2D eigenvalue weighted by Gasteiger charge is 2.21. The summed E-state index contributed by atoms with van der Waals surface area (Å²) in [6.45, 7) is 7.06. The minimum atomic E-state index is -0.197. The SMILES string of the molecule is CCN1CCN(C(=O)c2ccnc(NCCc3ccccc3F)c2)CC1. The number of amides is 1. The Balaban J connectivity index is 1.56. The van der Waals surface area contributed by atoms with Crippen LogP contribution in [0.25, 0.3) is 0 Å². The highest BCUT2D eigenvalue weighted by Crippen LogP contribution is 2.13. The zero-order chi connectivity index (χ0) is 18.4. The van der Waals surface area contributed by atoms with E-state index in [9.17, 15) is 9.18 Å². The Bertz CT molecular complexity index is 744. The lowest BCUT2D eigenvalue weighted by molar-refractivity contribution is 0.0643. The molecule has 1 aliphatic rings. The van der Waals surface area contributed by atoms with E-state index < -0.39 is 0 Å². The lowest BCUT2D eigenvalue weighted by Crippen LogP contribution is -2.48. The Hall–Kier alpha value is -2.47. The Morgan fingerprint density at radius 3 is 2.69 bits per heavy atom. The molecule has 1 amide bonds. The predicted molar refractivity (Wildman–Crippen MR) is 101 cm³/mol. The average molecular weight is 356 g/mol. The summed E-state index contributed by atoms with van der Waals surface area (Å²) in [6.07, 6.45) is 2.20. The van der Waals surface area contributed by atoms with Gasteiger partial charge in [0.15, 0.2) is 0 Å². The highest BCUT2D eigenvalue weighted by atomic mass is 19.1. The second-order valence-corrected chi connectivity index (χ2v) is 6.42. The van der Waals surface area contributed by atoms with Gasteiger partial charge in [-0.25, -0.2) is 9.37 Å². The molecule has 26 heavy (non-hydrogen) atoms. The van der Waals surface area contributed by atoms with Crippen LogP contribution in [0.2, 0.25) is 0 Å². The molecular weight excluding hydrogens is 331 g/mol. The summed E-state index contributed by atoms with van der Waals surface area (Å²) in [5.41, 5.74) is 1.30. The van der Waals surface area contributed by atoms with Gasteiger partial charge < -0.3 is 15.1 Å². The summed E-state index contributed by atoms with van der Waals surface area (Å²) in [4.78, 5) is 21.2. The van der Waals surface area contributed by atoms with Crippen molar-refractivity contribution in [2.75, 3.05) is 44.6 Å². The van der Waals surface area contributed by atoms with Crippen molar-refractivity contribution >= 4 is 11.7 Å². The summed E-state index contributed by atoms with van der Waals surface area (Å²) < 4.78 is 13.6. The van der Waals surface area contributed by atoms with E-state index >= 15 is 0 Å². The average Bonchev–Trinajstić information content (AvgIpc) is 2.69. The van der Waals surface area contributed by atoms with Crippen LogP contribution in [-0.2, 0) is 6.42 Å². The molecule has 0 saturated carbocycles. The molecule has 138 valence electrons. The third-order valence-corrected chi connectivity index (χ3v) is 4.77. The normalized spacial score (nSPS) is 15.1. The van der Waals surface area contributed by atoms with Gasteiger partial charge in [0.2, 0.25) is 0 Å². The molecule has 1 N–H and O–H groups in total. The van der Waals surface area contributed by atoms with Crippen molar-refractivity contribution in [3.8, 4) is 0 Å². The lowest BCUT2D eigenvalue weighted by atomic mass is 10.1. The molecule has 0 unspecified atom stereocenters. The first-order chi connectivity index (χ1) is 12.7. The van der Waals surface area contributed by atoms with Crippen LogP contribution in [0.3, 0.4) is 0 Å². The van der Waals surface area contributed by atoms with E-state index in [4.69, 9.17) is 0 Å². The Kier molecular flexibility index (Phi) is 6.17. The van der Waals surface area contributed by atoms with Crippen molar-refractivity contribution in [2.24, 2.45) is 0 Å². The summed E-state index contributed by atoms with van der Waals surface area (Å²) >= 11 is 0. The first-order valence-corrected chi connectivity index (χ1v) is 9.12. The molecule has 2 aromatic rings. The number of nitrogens with zero attached hydrogens (tertiary/aromatic N) is 3. The van der Waals surface area contributed by atoms with Crippen LogP contribution in [0.1, 0.15) is 22.8 Å². The largest absolute Gasteiger partial charge is 0.370 e. The Labute approximate surface area is 153 Å². The number of nitrogens with one attached hydrogen (secondary N) is 1. The lowest BCUT2D eigenvalue weighted by Gasteiger charge is -2.34. The van der Waals surface area contributed by atoms with E-state index in [1.807, 2.05) is 11.0 Å². The third-order valence-electron chi connectivity index (χ3n) is 4.77. The fourth-order valence-corrected chi connectivity index (χ4v) is 3.14. The van der Waals surface area contributed by atoms with Gasteiger partial charge in [-0.15, -0.1) is 0 Å². The number of piperazine rings is 1. The topological polar surface area (TPSA) is 48.5 Å². The van der Waals surface area contributed by atoms with Crippen molar-refractivity contribution in [3.05, 3.63) is 59.5 Å². The number of carbonyl (C=O) groups excluding carboxylic acids is 1. The van der Waals surface area contributed by atoms with Gasteiger partial charge in [0.05, 0.1) is 0 Å². The van der Waals surface area contributed by atoms with Gasteiger partial charge in [-0.05, 0) is 36.7 Å². The monoisotopic (exact) mass is 356 g/mol. The van der Waals surface area contributed by atoms with E-state index in [2.05, 4.69) is 22.1 Å². The molecule has 0 aliphatic carbocycles. The van der Waals surface area contributed by atoms with Crippen molar-refractivity contribution in [3.63, 3.8) is 0 Å². The van der Waals surface area contributed by atoms with Crippen LogP contribution in [0.15, 0.2) is 42.6 Å². The molecule has 3 rings (SSSR count). The van der Waals surface area contributed by atoms with E-state index in [1.165, 1.54) is 6.07 Å². The van der Waals surface area contributed by atoms with Gasteiger partial charge >= 0.3 is 0 Å².